The lowest BCUT2D eigenvalue weighted by Crippen LogP contribution is -2.54. The summed E-state index contributed by atoms with van der Waals surface area (Å²) in [5.41, 5.74) is 3.69. The number of imide groups is 2. The summed E-state index contributed by atoms with van der Waals surface area (Å²) in [6.07, 6.45) is 8.46. The number of carbonyl (C=O) groups excluding carboxylic acids is 4. The van der Waals surface area contributed by atoms with Crippen molar-refractivity contribution < 1.29 is 19.2 Å². The summed E-state index contributed by atoms with van der Waals surface area (Å²) in [7, 11) is 0. The zero-order chi connectivity index (χ0) is 25.3. The van der Waals surface area contributed by atoms with E-state index in [0.717, 1.165) is 35.5 Å². The maximum atomic E-state index is 13.1. The fourth-order valence-electron chi connectivity index (χ4n) is 5.85. The number of benzene rings is 1. The van der Waals surface area contributed by atoms with Gasteiger partial charge in [0.15, 0.2) is 0 Å². The van der Waals surface area contributed by atoms with Gasteiger partial charge in [-0.1, -0.05) is 0 Å². The highest BCUT2D eigenvalue weighted by atomic mass is 16.2. The van der Waals surface area contributed by atoms with E-state index in [0.29, 0.717) is 17.9 Å². The van der Waals surface area contributed by atoms with Crippen LogP contribution in [0.4, 0.5) is 5.69 Å². The van der Waals surface area contributed by atoms with Crippen LogP contribution in [-0.2, 0) is 9.59 Å². The number of amides is 4. The van der Waals surface area contributed by atoms with Crippen molar-refractivity contribution in [3.05, 3.63) is 53.5 Å². The minimum atomic E-state index is -0.956. The average Bonchev–Trinajstić information content (AvgIpc) is 3.60. The fourth-order valence-corrected chi connectivity index (χ4v) is 5.85. The van der Waals surface area contributed by atoms with Gasteiger partial charge in [-0.3, -0.25) is 39.1 Å². The van der Waals surface area contributed by atoms with E-state index >= 15 is 0 Å². The lowest BCUT2D eigenvalue weighted by molar-refractivity contribution is -0.136. The summed E-state index contributed by atoms with van der Waals surface area (Å²) >= 11 is 0. The van der Waals surface area contributed by atoms with Gasteiger partial charge in [0.25, 0.3) is 11.8 Å². The molecule has 3 fully saturated rings. The highest BCUT2D eigenvalue weighted by Gasteiger charge is 2.44. The number of piperidine rings is 1. The van der Waals surface area contributed by atoms with Gasteiger partial charge in [0.1, 0.15) is 6.04 Å². The van der Waals surface area contributed by atoms with Crippen molar-refractivity contribution >= 4 is 40.2 Å². The third-order valence-corrected chi connectivity index (χ3v) is 8.09. The van der Waals surface area contributed by atoms with Gasteiger partial charge >= 0.3 is 0 Å². The van der Waals surface area contributed by atoms with E-state index in [4.69, 9.17) is 5.10 Å². The first-order valence-electron chi connectivity index (χ1n) is 12.9. The second kappa shape index (κ2) is 8.22. The maximum Gasteiger partial charge on any atom is 0.262 e. The Morgan fingerprint density at radius 1 is 1.00 bits per heavy atom. The van der Waals surface area contributed by atoms with Gasteiger partial charge in [0.05, 0.1) is 28.4 Å². The number of rotatable bonds is 6. The Morgan fingerprint density at radius 2 is 1.81 bits per heavy atom. The van der Waals surface area contributed by atoms with Crippen LogP contribution in [0.25, 0.3) is 10.9 Å². The smallest absolute Gasteiger partial charge is 0.262 e. The van der Waals surface area contributed by atoms with Gasteiger partial charge in [0, 0.05) is 42.4 Å². The quantitative estimate of drug-likeness (QED) is 0.501. The topological polar surface area (TPSA) is 126 Å². The van der Waals surface area contributed by atoms with Crippen molar-refractivity contribution in [2.24, 2.45) is 5.92 Å². The summed E-state index contributed by atoms with van der Waals surface area (Å²) in [5.74, 6) is -0.923. The van der Waals surface area contributed by atoms with E-state index in [2.05, 4.69) is 26.4 Å². The normalized spacial score (nSPS) is 25.3. The van der Waals surface area contributed by atoms with Crippen molar-refractivity contribution in [3.8, 4) is 0 Å². The van der Waals surface area contributed by atoms with Crippen LogP contribution in [0, 0.1) is 5.92 Å². The molecule has 7 rings (SSSR count). The van der Waals surface area contributed by atoms with Gasteiger partial charge in [-0.25, -0.2) is 0 Å². The van der Waals surface area contributed by atoms with Crippen molar-refractivity contribution in [2.45, 2.75) is 56.5 Å². The summed E-state index contributed by atoms with van der Waals surface area (Å²) < 4.78 is 2.18. The van der Waals surface area contributed by atoms with Gasteiger partial charge in [-0.2, -0.15) is 5.10 Å². The molecule has 4 heterocycles. The second-order valence-electron chi connectivity index (χ2n) is 10.6. The highest BCUT2D eigenvalue weighted by molar-refractivity contribution is 6.23. The van der Waals surface area contributed by atoms with E-state index in [1.165, 1.54) is 23.9 Å². The first kappa shape index (κ1) is 22.1. The van der Waals surface area contributed by atoms with Crippen LogP contribution in [0.1, 0.15) is 76.9 Å². The number of aromatic nitrogens is 3. The zero-order valence-corrected chi connectivity index (χ0v) is 20.1. The highest BCUT2D eigenvalue weighted by Crippen LogP contribution is 2.45. The van der Waals surface area contributed by atoms with Gasteiger partial charge in [-0.05, 0) is 62.3 Å². The summed E-state index contributed by atoms with van der Waals surface area (Å²) in [6.45, 7) is 0.754. The Hall–Kier alpha value is -4.08. The second-order valence-corrected chi connectivity index (χ2v) is 10.6. The molecule has 37 heavy (non-hydrogen) atoms. The number of pyridine rings is 1. The van der Waals surface area contributed by atoms with E-state index in [-0.39, 0.29) is 29.9 Å². The Balaban J connectivity index is 1.01. The molecule has 3 aromatic rings. The molecule has 4 aliphatic rings. The lowest BCUT2D eigenvalue weighted by Gasteiger charge is -2.36. The molecule has 1 atom stereocenters. The molecule has 2 aliphatic heterocycles. The molecule has 2 saturated carbocycles. The maximum absolute atomic E-state index is 13.1. The molecule has 0 radical (unpaired) electrons. The lowest BCUT2D eigenvalue weighted by atomic mass is 9.80. The predicted octanol–water partition coefficient (Wildman–Crippen LogP) is 2.77. The number of anilines is 1. The molecule has 2 aliphatic carbocycles. The minimum absolute atomic E-state index is 0.103. The van der Waals surface area contributed by atoms with Crippen LogP contribution in [-0.4, -0.2) is 55.9 Å². The van der Waals surface area contributed by atoms with Crippen LogP contribution in [0.2, 0.25) is 0 Å². The molecule has 1 saturated heterocycles. The van der Waals surface area contributed by atoms with Crippen molar-refractivity contribution in [2.75, 3.05) is 11.9 Å². The third kappa shape index (κ3) is 3.61. The molecular weight excluding hydrogens is 472 g/mol. The first-order chi connectivity index (χ1) is 18.0. The van der Waals surface area contributed by atoms with E-state index in [9.17, 15) is 19.2 Å². The molecule has 4 amide bonds. The van der Waals surface area contributed by atoms with Crippen LogP contribution in [0.15, 0.2) is 36.7 Å². The van der Waals surface area contributed by atoms with Crippen molar-refractivity contribution in [1.29, 1.82) is 0 Å². The van der Waals surface area contributed by atoms with E-state index < -0.39 is 23.8 Å². The summed E-state index contributed by atoms with van der Waals surface area (Å²) in [5, 5.41) is 11.8. The molecule has 2 N–H and O–H groups in total. The Kier molecular flexibility index (Phi) is 4.92. The Morgan fingerprint density at radius 3 is 2.59 bits per heavy atom. The zero-order valence-electron chi connectivity index (χ0n) is 20.1. The van der Waals surface area contributed by atoms with Crippen molar-refractivity contribution in [3.63, 3.8) is 0 Å². The molecule has 10 heteroatoms. The number of carbonyl (C=O) groups is 4. The Bertz CT molecular complexity index is 1490. The molecular formula is C27H26N6O4. The van der Waals surface area contributed by atoms with Crippen LogP contribution in [0.3, 0.4) is 0 Å². The first-order valence-corrected chi connectivity index (χ1v) is 12.9. The number of hydrogen-bond donors (Lipinski definition) is 2. The number of nitrogens with zero attached hydrogens (tertiary/aromatic N) is 4. The minimum Gasteiger partial charge on any atom is -0.385 e. The summed E-state index contributed by atoms with van der Waals surface area (Å²) in [6, 6.07) is 6.59. The molecule has 2 aromatic heterocycles. The molecule has 188 valence electrons. The molecule has 0 spiro atoms. The van der Waals surface area contributed by atoms with Gasteiger partial charge in [-0.15, -0.1) is 0 Å². The monoisotopic (exact) mass is 498 g/mol. The SMILES string of the molecule is O=C1CCC(N2C(=O)c3ccc(NC[C@H]4C[C@H](n5nc(C6CC6)c6cnccc65)C4)cc3C2=O)C(=O)N1. The van der Waals surface area contributed by atoms with Gasteiger partial charge < -0.3 is 5.32 Å². The number of nitrogens with one attached hydrogen (secondary N) is 2. The Labute approximate surface area is 212 Å². The largest absolute Gasteiger partial charge is 0.385 e. The summed E-state index contributed by atoms with van der Waals surface area (Å²) in [4.78, 5) is 55.0. The van der Waals surface area contributed by atoms with Crippen LogP contribution >= 0.6 is 0 Å². The molecule has 10 nitrogen and oxygen atoms in total. The van der Waals surface area contributed by atoms with Gasteiger partial charge in [0.2, 0.25) is 11.8 Å². The average molecular weight is 499 g/mol. The molecule has 1 unspecified atom stereocenters. The van der Waals surface area contributed by atoms with Crippen LogP contribution in [0.5, 0.6) is 0 Å². The molecule has 0 bridgehead atoms. The standard InChI is InChI=1S/C27H26N6O4/c34-23-6-5-22(25(35)30-23)32-26(36)18-4-3-16(11-19(18)27(32)37)29-12-14-9-17(10-14)33-21-7-8-28-13-20(21)24(31-33)15-1-2-15/h3-4,7-8,11,13-15,17,22,29H,1-2,5-6,9-10,12H2,(H,30,34,35)/t14-,17-,22?. The number of fused-ring (bicyclic) bond motifs is 2. The predicted molar refractivity (Wildman–Crippen MR) is 133 cm³/mol. The number of hydrogen-bond acceptors (Lipinski definition) is 7. The van der Waals surface area contributed by atoms with E-state index in [1.54, 1.807) is 18.2 Å². The van der Waals surface area contributed by atoms with E-state index in [1.807, 2.05) is 12.4 Å². The third-order valence-electron chi connectivity index (χ3n) is 8.09. The fraction of sp³-hybridized carbons (Fsp3) is 0.407. The van der Waals surface area contributed by atoms with Crippen LogP contribution < -0.4 is 10.6 Å². The molecule has 1 aromatic carbocycles. The van der Waals surface area contributed by atoms with Crippen molar-refractivity contribution in [1.82, 2.24) is 25.0 Å².